The van der Waals surface area contributed by atoms with Gasteiger partial charge < -0.3 is 10.1 Å². The molecule has 0 saturated heterocycles. The van der Waals surface area contributed by atoms with E-state index in [1.807, 2.05) is 37.3 Å². The van der Waals surface area contributed by atoms with Crippen molar-refractivity contribution in [2.45, 2.75) is 25.4 Å². The summed E-state index contributed by atoms with van der Waals surface area (Å²) >= 11 is 0. The number of nitrogens with zero attached hydrogens (tertiary/aromatic N) is 2. The summed E-state index contributed by atoms with van der Waals surface area (Å²) in [5.74, 6) is -0.713. The molecule has 4 rings (SSSR count). The Hall–Kier alpha value is -4.25. The lowest BCUT2D eigenvalue weighted by atomic mass is 10.0. The van der Waals surface area contributed by atoms with E-state index in [1.54, 1.807) is 30.3 Å². The van der Waals surface area contributed by atoms with Crippen molar-refractivity contribution in [3.63, 3.8) is 0 Å². The number of hydrogen-bond donors (Lipinski definition) is 1. The van der Waals surface area contributed by atoms with Crippen molar-refractivity contribution in [1.82, 2.24) is 5.32 Å². The minimum Gasteiger partial charge on any atom is -0.406 e. The zero-order valence-electron chi connectivity index (χ0n) is 18.1. The van der Waals surface area contributed by atoms with Gasteiger partial charge in [-0.3, -0.25) is 9.69 Å². The fourth-order valence-electron chi connectivity index (χ4n) is 3.85. The summed E-state index contributed by atoms with van der Waals surface area (Å²) in [5, 5.41) is 12.5. The number of rotatable bonds is 6. The Bertz CT molecular complexity index is 1250. The van der Waals surface area contributed by atoms with Gasteiger partial charge in [0.25, 0.3) is 5.91 Å². The molecule has 8 heteroatoms. The van der Waals surface area contributed by atoms with Crippen LogP contribution in [0.25, 0.3) is 0 Å². The molecule has 0 fully saturated rings. The highest BCUT2D eigenvalue weighted by Crippen LogP contribution is 2.37. The second-order valence-electron chi connectivity index (χ2n) is 7.76. The van der Waals surface area contributed by atoms with Crippen LogP contribution in [-0.2, 0) is 4.79 Å². The van der Waals surface area contributed by atoms with Gasteiger partial charge in [0.2, 0.25) is 0 Å². The van der Waals surface area contributed by atoms with Crippen molar-refractivity contribution in [2.75, 3.05) is 4.90 Å². The molecule has 0 spiro atoms. The maximum atomic E-state index is 13.4. The lowest BCUT2D eigenvalue weighted by Gasteiger charge is -2.26. The molecule has 0 radical (unpaired) electrons. The number of ether oxygens (including phenoxy) is 1. The average Bonchev–Trinajstić information content (AvgIpc) is 3.15. The molecule has 1 heterocycles. The van der Waals surface area contributed by atoms with Crippen molar-refractivity contribution >= 4 is 11.6 Å². The van der Waals surface area contributed by atoms with Crippen LogP contribution < -0.4 is 15.0 Å². The molecule has 1 unspecified atom stereocenters. The Morgan fingerprint density at radius 2 is 1.74 bits per heavy atom. The van der Waals surface area contributed by atoms with E-state index in [9.17, 15) is 23.2 Å². The Morgan fingerprint density at radius 3 is 2.38 bits per heavy atom. The third-order valence-corrected chi connectivity index (χ3v) is 5.43. The molecular formula is C26H20F3N3O2. The lowest BCUT2D eigenvalue weighted by Crippen LogP contribution is -2.33. The molecule has 3 aromatic carbocycles. The van der Waals surface area contributed by atoms with Gasteiger partial charge in [-0.2, -0.15) is 5.26 Å². The first-order chi connectivity index (χ1) is 16.2. The molecule has 5 nitrogen and oxygen atoms in total. The van der Waals surface area contributed by atoms with Gasteiger partial charge in [-0.1, -0.05) is 42.5 Å². The van der Waals surface area contributed by atoms with E-state index in [1.165, 1.54) is 17.0 Å². The average molecular weight is 463 g/mol. The molecule has 0 saturated carbocycles. The molecule has 0 aliphatic carbocycles. The van der Waals surface area contributed by atoms with E-state index < -0.39 is 12.4 Å². The van der Waals surface area contributed by atoms with E-state index in [2.05, 4.69) is 16.1 Å². The molecule has 1 aliphatic rings. The fourth-order valence-corrected chi connectivity index (χ4v) is 3.85. The van der Waals surface area contributed by atoms with Gasteiger partial charge in [-0.05, 0) is 60.5 Å². The third kappa shape index (κ3) is 5.04. The van der Waals surface area contributed by atoms with Crippen LogP contribution >= 0.6 is 0 Å². The number of alkyl halides is 3. The maximum absolute atomic E-state index is 13.4. The molecule has 2 atom stereocenters. The first-order valence-electron chi connectivity index (χ1n) is 10.5. The summed E-state index contributed by atoms with van der Waals surface area (Å²) in [4.78, 5) is 14.9. The molecular weight excluding hydrogens is 443 g/mol. The lowest BCUT2D eigenvalue weighted by molar-refractivity contribution is -0.274. The second kappa shape index (κ2) is 9.32. The Kier molecular flexibility index (Phi) is 6.28. The van der Waals surface area contributed by atoms with E-state index in [0.717, 1.165) is 17.7 Å². The minimum atomic E-state index is -4.81. The van der Waals surface area contributed by atoms with E-state index in [-0.39, 0.29) is 17.7 Å². The number of halogens is 3. The van der Waals surface area contributed by atoms with Crippen LogP contribution in [0.1, 0.15) is 35.7 Å². The number of benzene rings is 3. The number of hydrogen-bond acceptors (Lipinski definition) is 4. The van der Waals surface area contributed by atoms with E-state index in [0.29, 0.717) is 22.5 Å². The van der Waals surface area contributed by atoms with Gasteiger partial charge >= 0.3 is 6.36 Å². The third-order valence-electron chi connectivity index (χ3n) is 5.43. The first-order valence-corrected chi connectivity index (χ1v) is 10.5. The SMILES string of the molecule is C[C@@H](NC1=CC(c2cccc(C#N)c2)N(c2ccc(OC(F)(F)F)cc2)C1=O)c1ccccc1. The topological polar surface area (TPSA) is 65.4 Å². The number of nitrogens with one attached hydrogen (secondary N) is 1. The van der Waals surface area contributed by atoms with Crippen LogP contribution in [0.15, 0.2) is 90.6 Å². The van der Waals surface area contributed by atoms with Gasteiger partial charge in [-0.25, -0.2) is 0 Å². The monoisotopic (exact) mass is 463 g/mol. The van der Waals surface area contributed by atoms with Crippen LogP contribution in [0.4, 0.5) is 18.9 Å². The summed E-state index contributed by atoms with van der Waals surface area (Å²) in [6, 6.07) is 23.0. The molecule has 172 valence electrons. The van der Waals surface area contributed by atoms with Gasteiger partial charge in [0, 0.05) is 11.7 Å². The number of carbonyl (C=O) groups excluding carboxylic acids is 1. The molecule has 1 N–H and O–H groups in total. The molecule has 0 aromatic heterocycles. The van der Waals surface area contributed by atoms with Crippen molar-refractivity contribution in [1.29, 1.82) is 5.26 Å². The van der Waals surface area contributed by atoms with Crippen molar-refractivity contribution in [2.24, 2.45) is 0 Å². The number of amides is 1. The molecule has 34 heavy (non-hydrogen) atoms. The zero-order chi connectivity index (χ0) is 24.3. The molecule has 0 bridgehead atoms. The van der Waals surface area contributed by atoms with Crippen LogP contribution in [0.2, 0.25) is 0 Å². The summed E-state index contributed by atoms with van der Waals surface area (Å²) in [6.07, 6.45) is -3.05. The van der Waals surface area contributed by atoms with Crippen LogP contribution in [0.5, 0.6) is 5.75 Å². The highest BCUT2D eigenvalue weighted by atomic mass is 19.4. The van der Waals surface area contributed by atoms with Crippen LogP contribution in [0.3, 0.4) is 0 Å². The number of anilines is 1. The zero-order valence-corrected chi connectivity index (χ0v) is 18.1. The number of nitriles is 1. The smallest absolute Gasteiger partial charge is 0.406 e. The minimum absolute atomic E-state index is 0.162. The van der Waals surface area contributed by atoms with Gasteiger partial charge in [0.1, 0.15) is 5.75 Å². The Morgan fingerprint density at radius 1 is 1.03 bits per heavy atom. The maximum Gasteiger partial charge on any atom is 0.573 e. The largest absolute Gasteiger partial charge is 0.573 e. The predicted molar refractivity (Wildman–Crippen MR) is 121 cm³/mol. The van der Waals surface area contributed by atoms with E-state index in [4.69, 9.17) is 0 Å². The van der Waals surface area contributed by atoms with Gasteiger partial charge in [0.15, 0.2) is 0 Å². The normalized spacial score (nSPS) is 16.6. The van der Waals surface area contributed by atoms with Crippen molar-refractivity contribution < 1.29 is 22.7 Å². The summed E-state index contributed by atoms with van der Waals surface area (Å²) < 4.78 is 41.6. The second-order valence-corrected chi connectivity index (χ2v) is 7.76. The summed E-state index contributed by atoms with van der Waals surface area (Å²) in [7, 11) is 0. The number of carbonyl (C=O) groups is 1. The van der Waals surface area contributed by atoms with Gasteiger partial charge in [0.05, 0.1) is 23.4 Å². The van der Waals surface area contributed by atoms with Crippen molar-refractivity contribution in [3.8, 4) is 11.8 Å². The molecule has 1 aliphatic heterocycles. The summed E-state index contributed by atoms with van der Waals surface area (Å²) in [5.41, 5.74) is 2.89. The Labute approximate surface area is 194 Å². The fraction of sp³-hybridized carbons (Fsp3) is 0.154. The highest BCUT2D eigenvalue weighted by Gasteiger charge is 2.36. The Balaban J connectivity index is 1.68. The quantitative estimate of drug-likeness (QED) is 0.503. The summed E-state index contributed by atoms with van der Waals surface area (Å²) in [6.45, 7) is 1.93. The predicted octanol–water partition coefficient (Wildman–Crippen LogP) is 5.78. The molecule has 1 amide bonds. The highest BCUT2D eigenvalue weighted by molar-refractivity contribution is 6.09. The first kappa shape index (κ1) is 22.9. The van der Waals surface area contributed by atoms with Crippen LogP contribution in [0, 0.1) is 11.3 Å². The van der Waals surface area contributed by atoms with Crippen LogP contribution in [-0.4, -0.2) is 12.3 Å². The standard InChI is InChI=1S/C26H20F3N3O2/c1-17(19-7-3-2-4-8-19)31-23-15-24(20-9-5-6-18(14-20)16-30)32(25(23)33)21-10-12-22(13-11-21)34-26(27,28)29/h2-15,17,24,31H,1H3/t17-,24?/m1/s1. The van der Waals surface area contributed by atoms with Gasteiger partial charge in [-0.15, -0.1) is 13.2 Å². The van der Waals surface area contributed by atoms with E-state index >= 15 is 0 Å². The molecule has 3 aromatic rings. The van der Waals surface area contributed by atoms with Crippen molar-refractivity contribution in [3.05, 3.63) is 107 Å².